The van der Waals surface area contributed by atoms with Crippen molar-refractivity contribution >= 4 is 23.7 Å². The van der Waals surface area contributed by atoms with Gasteiger partial charge in [0.1, 0.15) is 0 Å². The zero-order valence-corrected chi connectivity index (χ0v) is 9.91. The van der Waals surface area contributed by atoms with Crippen LogP contribution in [0.3, 0.4) is 0 Å². The molecule has 1 unspecified atom stereocenters. The summed E-state index contributed by atoms with van der Waals surface area (Å²) in [6.07, 6.45) is 0.0855. The molecule has 1 amide bonds. The Morgan fingerprint density at radius 1 is 1.47 bits per heavy atom. The number of carbonyl (C=O) groups excluding carboxylic acids is 2. The molecule has 0 bridgehead atoms. The van der Waals surface area contributed by atoms with Crippen molar-refractivity contribution in [1.29, 1.82) is 0 Å². The Bertz CT molecular complexity index is 220. The van der Waals surface area contributed by atoms with E-state index in [0.29, 0.717) is 19.6 Å². The van der Waals surface area contributed by atoms with Gasteiger partial charge >= 0.3 is 12.1 Å². The van der Waals surface area contributed by atoms with Gasteiger partial charge < -0.3 is 14.4 Å². The smallest absolute Gasteiger partial charge is 0.410 e. The Balaban J connectivity index is 3.60. The molecule has 5 nitrogen and oxygen atoms in total. The lowest BCUT2D eigenvalue weighted by atomic mass is 10.4. The van der Waals surface area contributed by atoms with Gasteiger partial charge in [0, 0.05) is 20.5 Å². The van der Waals surface area contributed by atoms with Gasteiger partial charge in [0.25, 0.3) is 0 Å². The molecule has 0 saturated carbocycles. The van der Waals surface area contributed by atoms with E-state index in [1.165, 1.54) is 11.8 Å². The average Bonchev–Trinajstić information content (AvgIpc) is 2.10. The van der Waals surface area contributed by atoms with Crippen LogP contribution < -0.4 is 0 Å². The van der Waals surface area contributed by atoms with E-state index in [-0.39, 0.29) is 5.97 Å². The number of esters is 1. The van der Waals surface area contributed by atoms with Gasteiger partial charge in [0.05, 0.1) is 6.61 Å². The molecule has 0 aliphatic carbocycles. The van der Waals surface area contributed by atoms with Crippen LogP contribution in [0.4, 0.5) is 4.79 Å². The lowest BCUT2D eigenvalue weighted by molar-refractivity contribution is -0.141. The second-order valence-corrected chi connectivity index (χ2v) is 3.66. The summed E-state index contributed by atoms with van der Waals surface area (Å²) in [5.74, 6) is -0.324. The summed E-state index contributed by atoms with van der Waals surface area (Å²) in [6, 6.07) is 0. The molecule has 0 fully saturated rings. The predicted octanol–water partition coefficient (Wildman–Crippen LogP) is 1.59. The molecule has 0 spiro atoms. The van der Waals surface area contributed by atoms with Gasteiger partial charge in [-0.3, -0.25) is 4.79 Å². The summed E-state index contributed by atoms with van der Waals surface area (Å²) in [5, 5.41) is 0. The molecule has 0 radical (unpaired) electrons. The van der Waals surface area contributed by atoms with E-state index in [1.807, 2.05) is 0 Å². The molecule has 0 heterocycles. The molecule has 0 saturated heterocycles. The Kier molecular flexibility index (Phi) is 6.86. The maximum atomic E-state index is 11.2. The number of ether oxygens (including phenoxy) is 2. The van der Waals surface area contributed by atoms with Gasteiger partial charge in [0.2, 0.25) is 0 Å². The van der Waals surface area contributed by atoms with E-state index in [4.69, 9.17) is 21.1 Å². The topological polar surface area (TPSA) is 55.8 Å². The van der Waals surface area contributed by atoms with Crippen molar-refractivity contribution in [2.75, 3.05) is 20.2 Å². The highest BCUT2D eigenvalue weighted by Crippen LogP contribution is 2.00. The SMILES string of the molecule is CC(=O)OCCCN(C)C(=O)OC(C)Cl. The Morgan fingerprint density at radius 2 is 2.07 bits per heavy atom. The highest BCUT2D eigenvalue weighted by molar-refractivity contribution is 6.19. The number of nitrogens with zero attached hydrogens (tertiary/aromatic N) is 1. The van der Waals surface area contributed by atoms with Gasteiger partial charge in [-0.2, -0.15) is 0 Å². The Labute approximate surface area is 94.3 Å². The van der Waals surface area contributed by atoms with Gasteiger partial charge in [0.15, 0.2) is 5.56 Å². The lowest BCUT2D eigenvalue weighted by Crippen LogP contribution is -2.30. The van der Waals surface area contributed by atoms with Gasteiger partial charge in [-0.1, -0.05) is 11.6 Å². The minimum Gasteiger partial charge on any atom is -0.466 e. The van der Waals surface area contributed by atoms with E-state index >= 15 is 0 Å². The molecule has 0 aromatic heterocycles. The zero-order chi connectivity index (χ0) is 11.8. The van der Waals surface area contributed by atoms with E-state index in [1.54, 1.807) is 14.0 Å². The maximum Gasteiger partial charge on any atom is 0.410 e. The first kappa shape index (κ1) is 14.0. The fraction of sp³-hybridized carbons (Fsp3) is 0.778. The van der Waals surface area contributed by atoms with Crippen LogP contribution in [0.25, 0.3) is 0 Å². The third kappa shape index (κ3) is 8.05. The monoisotopic (exact) mass is 237 g/mol. The summed E-state index contributed by atoms with van der Waals surface area (Å²) >= 11 is 5.48. The van der Waals surface area contributed by atoms with Gasteiger partial charge in [-0.25, -0.2) is 4.79 Å². The quantitative estimate of drug-likeness (QED) is 0.414. The van der Waals surface area contributed by atoms with E-state index in [9.17, 15) is 9.59 Å². The molecule has 0 aromatic rings. The molecule has 0 aliphatic heterocycles. The number of hydrogen-bond donors (Lipinski definition) is 0. The van der Waals surface area contributed by atoms with E-state index in [2.05, 4.69) is 0 Å². The molecule has 15 heavy (non-hydrogen) atoms. The van der Waals surface area contributed by atoms with E-state index in [0.717, 1.165) is 0 Å². The average molecular weight is 238 g/mol. The summed E-state index contributed by atoms with van der Waals surface area (Å²) < 4.78 is 9.44. The second kappa shape index (κ2) is 7.34. The van der Waals surface area contributed by atoms with Crippen LogP contribution in [-0.2, 0) is 14.3 Å². The number of amides is 1. The number of halogens is 1. The van der Waals surface area contributed by atoms with Crippen molar-refractivity contribution < 1.29 is 19.1 Å². The van der Waals surface area contributed by atoms with Crippen molar-refractivity contribution in [1.82, 2.24) is 4.90 Å². The first-order valence-electron chi connectivity index (χ1n) is 4.62. The molecule has 0 aromatic carbocycles. The van der Waals surface area contributed by atoms with Crippen molar-refractivity contribution in [2.24, 2.45) is 0 Å². The van der Waals surface area contributed by atoms with Crippen molar-refractivity contribution in [3.8, 4) is 0 Å². The van der Waals surface area contributed by atoms with Crippen LogP contribution in [0.1, 0.15) is 20.3 Å². The summed E-state index contributed by atoms with van der Waals surface area (Å²) in [5.41, 5.74) is -0.645. The number of alkyl halides is 1. The molecular formula is C9H16ClNO4. The Morgan fingerprint density at radius 3 is 2.53 bits per heavy atom. The summed E-state index contributed by atoms with van der Waals surface area (Å²) in [6.45, 7) is 3.65. The van der Waals surface area contributed by atoms with E-state index < -0.39 is 11.7 Å². The normalized spacial score (nSPS) is 11.7. The number of rotatable bonds is 5. The molecule has 88 valence electrons. The van der Waals surface area contributed by atoms with Crippen LogP contribution in [-0.4, -0.2) is 42.7 Å². The summed E-state index contributed by atoms with van der Waals surface area (Å²) in [4.78, 5) is 23.0. The third-order valence-corrected chi connectivity index (χ3v) is 1.61. The fourth-order valence-electron chi connectivity index (χ4n) is 0.838. The van der Waals surface area contributed by atoms with Gasteiger partial charge in [-0.15, -0.1) is 0 Å². The van der Waals surface area contributed by atoms with Gasteiger partial charge in [-0.05, 0) is 13.3 Å². The van der Waals surface area contributed by atoms with Crippen molar-refractivity contribution in [3.05, 3.63) is 0 Å². The second-order valence-electron chi connectivity index (χ2n) is 3.04. The highest BCUT2D eigenvalue weighted by Gasteiger charge is 2.11. The minimum absolute atomic E-state index is 0.295. The largest absolute Gasteiger partial charge is 0.466 e. The number of hydrogen-bond acceptors (Lipinski definition) is 4. The van der Waals surface area contributed by atoms with Crippen molar-refractivity contribution in [3.63, 3.8) is 0 Å². The summed E-state index contributed by atoms with van der Waals surface area (Å²) in [7, 11) is 1.59. The minimum atomic E-state index is -0.645. The Hall–Kier alpha value is -0.970. The van der Waals surface area contributed by atoms with Crippen LogP contribution in [0.15, 0.2) is 0 Å². The lowest BCUT2D eigenvalue weighted by Gasteiger charge is -2.17. The number of carbonyl (C=O) groups is 2. The molecule has 0 N–H and O–H groups in total. The first-order valence-corrected chi connectivity index (χ1v) is 5.06. The zero-order valence-electron chi connectivity index (χ0n) is 9.16. The maximum absolute atomic E-state index is 11.2. The van der Waals surface area contributed by atoms with Crippen LogP contribution in [0.5, 0.6) is 0 Å². The van der Waals surface area contributed by atoms with Crippen LogP contribution >= 0.6 is 11.6 Å². The van der Waals surface area contributed by atoms with Crippen LogP contribution in [0, 0.1) is 0 Å². The molecule has 0 aliphatic rings. The fourth-order valence-corrected chi connectivity index (χ4v) is 0.914. The molecule has 0 rings (SSSR count). The molecular weight excluding hydrogens is 222 g/mol. The van der Waals surface area contributed by atoms with Crippen molar-refractivity contribution in [2.45, 2.75) is 25.8 Å². The first-order chi connectivity index (χ1) is 6.93. The standard InChI is InChI=1S/C9H16ClNO4/c1-7(10)15-9(13)11(3)5-4-6-14-8(2)12/h7H,4-6H2,1-3H3. The third-order valence-electron chi connectivity index (χ3n) is 1.52. The van der Waals surface area contributed by atoms with Crippen LogP contribution in [0.2, 0.25) is 0 Å². The molecule has 6 heteroatoms. The molecule has 1 atom stereocenters. The highest BCUT2D eigenvalue weighted by atomic mass is 35.5. The predicted molar refractivity (Wildman–Crippen MR) is 55.7 cm³/mol.